The molecule has 1 unspecified atom stereocenters. The molecule has 0 aromatic heterocycles. The fraction of sp³-hybridized carbons (Fsp3) is 1.00. The molecule has 0 amide bonds. The zero-order chi connectivity index (χ0) is 16.5. The third kappa shape index (κ3) is 16.5. The van der Waals surface area contributed by atoms with Crippen molar-refractivity contribution in [1.82, 2.24) is 0 Å². The van der Waals surface area contributed by atoms with E-state index in [2.05, 4.69) is 13.8 Å². The van der Waals surface area contributed by atoms with Gasteiger partial charge in [0.1, 0.15) is 0 Å². The Bertz CT molecular complexity index is 271. The molecule has 0 heterocycles. The molecule has 0 saturated heterocycles. The second-order valence-electron chi connectivity index (χ2n) is 6.02. The van der Waals surface area contributed by atoms with Crippen molar-refractivity contribution in [2.24, 2.45) is 0 Å². The molecular weight excluding hydrogens is 299 g/mol. The first kappa shape index (κ1) is 22.1. The van der Waals surface area contributed by atoms with Crippen LogP contribution in [-0.4, -0.2) is 18.1 Å². The average molecular weight is 336 g/mol. The Balaban J connectivity index is 3.28. The van der Waals surface area contributed by atoms with Crippen molar-refractivity contribution >= 4 is 7.82 Å². The van der Waals surface area contributed by atoms with E-state index in [1.165, 1.54) is 51.4 Å². The van der Waals surface area contributed by atoms with Crippen LogP contribution in [0, 0.1) is 0 Å². The standard InChI is InChI=1S/C17H37O4P/c1-3-5-7-8-9-10-11-12-13-15-17-21-22(18,19)20-16-14-6-4-2/h3-17H2,1-2H3,(H,18,19). The Morgan fingerprint density at radius 1 is 0.636 bits per heavy atom. The number of phosphoric acid groups is 1. The van der Waals surface area contributed by atoms with Crippen molar-refractivity contribution in [3.63, 3.8) is 0 Å². The van der Waals surface area contributed by atoms with E-state index in [9.17, 15) is 9.46 Å². The highest BCUT2D eigenvalue weighted by Crippen LogP contribution is 2.43. The SMILES string of the molecule is CCCCCCCCCCCCOP(=O)(O)OCCCCC. The maximum Gasteiger partial charge on any atom is 0.472 e. The van der Waals surface area contributed by atoms with E-state index in [0.29, 0.717) is 13.2 Å². The van der Waals surface area contributed by atoms with Crippen molar-refractivity contribution in [2.75, 3.05) is 13.2 Å². The number of phosphoric ester groups is 1. The van der Waals surface area contributed by atoms with Gasteiger partial charge in [-0.2, -0.15) is 0 Å². The summed E-state index contributed by atoms with van der Waals surface area (Å²) < 4.78 is 21.4. The first-order valence-electron chi connectivity index (χ1n) is 9.24. The maximum atomic E-state index is 11.5. The lowest BCUT2D eigenvalue weighted by molar-refractivity contribution is 0.145. The molecule has 22 heavy (non-hydrogen) atoms. The molecule has 1 atom stereocenters. The number of hydrogen-bond donors (Lipinski definition) is 1. The molecule has 134 valence electrons. The van der Waals surface area contributed by atoms with Crippen molar-refractivity contribution in [2.45, 2.75) is 97.3 Å². The normalized spacial score (nSPS) is 14.1. The molecule has 4 nitrogen and oxygen atoms in total. The summed E-state index contributed by atoms with van der Waals surface area (Å²) in [6.45, 7) is 4.95. The number of hydrogen-bond acceptors (Lipinski definition) is 3. The van der Waals surface area contributed by atoms with Crippen LogP contribution >= 0.6 is 7.82 Å². The van der Waals surface area contributed by atoms with Gasteiger partial charge in [-0.3, -0.25) is 9.05 Å². The van der Waals surface area contributed by atoms with Gasteiger partial charge in [-0.15, -0.1) is 0 Å². The Kier molecular flexibility index (Phi) is 16.1. The summed E-state index contributed by atoms with van der Waals surface area (Å²) in [5, 5.41) is 0. The molecule has 0 aliphatic carbocycles. The van der Waals surface area contributed by atoms with Crippen LogP contribution in [0.1, 0.15) is 97.3 Å². The Hall–Kier alpha value is 0.110. The smallest absolute Gasteiger partial charge is 0.302 e. The third-order valence-corrected chi connectivity index (χ3v) is 4.77. The van der Waals surface area contributed by atoms with Gasteiger partial charge in [-0.1, -0.05) is 84.5 Å². The minimum Gasteiger partial charge on any atom is -0.302 e. The van der Waals surface area contributed by atoms with E-state index < -0.39 is 7.82 Å². The topological polar surface area (TPSA) is 55.8 Å². The van der Waals surface area contributed by atoms with Crippen LogP contribution in [0.4, 0.5) is 0 Å². The molecule has 0 radical (unpaired) electrons. The van der Waals surface area contributed by atoms with Crippen LogP contribution in [0.2, 0.25) is 0 Å². The maximum absolute atomic E-state index is 11.5. The molecule has 0 aliphatic heterocycles. The van der Waals surface area contributed by atoms with E-state index in [-0.39, 0.29) is 0 Å². The van der Waals surface area contributed by atoms with E-state index >= 15 is 0 Å². The van der Waals surface area contributed by atoms with E-state index in [4.69, 9.17) is 9.05 Å². The second-order valence-corrected chi connectivity index (χ2v) is 7.48. The predicted molar refractivity (Wildman–Crippen MR) is 93.1 cm³/mol. The minimum atomic E-state index is -3.81. The number of rotatable bonds is 17. The lowest BCUT2D eigenvalue weighted by Crippen LogP contribution is -1.99. The van der Waals surface area contributed by atoms with Gasteiger partial charge in [0.05, 0.1) is 13.2 Å². The van der Waals surface area contributed by atoms with Crippen molar-refractivity contribution in [3.8, 4) is 0 Å². The Labute approximate surface area is 137 Å². The number of unbranched alkanes of at least 4 members (excludes halogenated alkanes) is 11. The van der Waals surface area contributed by atoms with Gasteiger partial charge in [-0.25, -0.2) is 4.57 Å². The Morgan fingerprint density at radius 2 is 0.955 bits per heavy atom. The molecular formula is C17H37O4P. The highest BCUT2D eigenvalue weighted by molar-refractivity contribution is 7.47. The van der Waals surface area contributed by atoms with Gasteiger partial charge < -0.3 is 4.89 Å². The average Bonchev–Trinajstić information content (AvgIpc) is 2.49. The van der Waals surface area contributed by atoms with Gasteiger partial charge in [0, 0.05) is 0 Å². The van der Waals surface area contributed by atoms with Gasteiger partial charge in [0.25, 0.3) is 0 Å². The Morgan fingerprint density at radius 3 is 1.41 bits per heavy atom. The lowest BCUT2D eigenvalue weighted by atomic mass is 10.1. The van der Waals surface area contributed by atoms with Gasteiger partial charge in [0.15, 0.2) is 0 Å². The summed E-state index contributed by atoms with van der Waals surface area (Å²) in [4.78, 5) is 9.47. The molecule has 5 heteroatoms. The summed E-state index contributed by atoms with van der Waals surface area (Å²) >= 11 is 0. The van der Waals surface area contributed by atoms with Crippen LogP contribution < -0.4 is 0 Å². The van der Waals surface area contributed by atoms with Crippen LogP contribution in [0.3, 0.4) is 0 Å². The summed E-state index contributed by atoms with van der Waals surface area (Å²) in [7, 11) is -3.81. The van der Waals surface area contributed by atoms with E-state index in [1.807, 2.05) is 0 Å². The molecule has 1 N–H and O–H groups in total. The second kappa shape index (κ2) is 16.0. The van der Waals surface area contributed by atoms with Gasteiger partial charge >= 0.3 is 7.82 Å². The molecule has 0 fully saturated rings. The zero-order valence-electron chi connectivity index (χ0n) is 14.7. The minimum absolute atomic E-state index is 0.305. The zero-order valence-corrected chi connectivity index (χ0v) is 15.6. The molecule has 0 bridgehead atoms. The molecule has 0 spiro atoms. The summed E-state index contributed by atoms with van der Waals surface area (Å²) in [5.41, 5.74) is 0. The largest absolute Gasteiger partial charge is 0.472 e. The molecule has 0 rings (SSSR count). The highest BCUT2D eigenvalue weighted by Gasteiger charge is 2.19. The summed E-state index contributed by atoms with van der Waals surface area (Å²) in [5.74, 6) is 0. The van der Waals surface area contributed by atoms with Crippen LogP contribution in [-0.2, 0) is 13.6 Å². The van der Waals surface area contributed by atoms with Crippen LogP contribution in [0.15, 0.2) is 0 Å². The van der Waals surface area contributed by atoms with Crippen LogP contribution in [0.5, 0.6) is 0 Å². The van der Waals surface area contributed by atoms with Crippen molar-refractivity contribution in [3.05, 3.63) is 0 Å². The van der Waals surface area contributed by atoms with Gasteiger partial charge in [0.2, 0.25) is 0 Å². The predicted octanol–water partition coefficient (Wildman–Crippen LogP) is 6.23. The fourth-order valence-electron chi connectivity index (χ4n) is 2.34. The first-order chi connectivity index (χ1) is 10.6. The molecule has 0 aromatic rings. The van der Waals surface area contributed by atoms with Crippen molar-refractivity contribution in [1.29, 1.82) is 0 Å². The van der Waals surface area contributed by atoms with Crippen LogP contribution in [0.25, 0.3) is 0 Å². The molecule has 0 aliphatic rings. The quantitative estimate of drug-likeness (QED) is 0.253. The van der Waals surface area contributed by atoms with Gasteiger partial charge in [-0.05, 0) is 12.8 Å². The lowest BCUT2D eigenvalue weighted by Gasteiger charge is -2.11. The molecule has 0 aromatic carbocycles. The fourth-order valence-corrected chi connectivity index (χ4v) is 3.13. The monoisotopic (exact) mass is 336 g/mol. The highest BCUT2D eigenvalue weighted by atomic mass is 31.2. The van der Waals surface area contributed by atoms with Crippen molar-refractivity contribution < 1.29 is 18.5 Å². The first-order valence-corrected chi connectivity index (χ1v) is 10.7. The van der Waals surface area contributed by atoms with E-state index in [1.54, 1.807) is 0 Å². The molecule has 0 saturated carbocycles. The van der Waals surface area contributed by atoms with E-state index in [0.717, 1.165) is 32.1 Å². The summed E-state index contributed by atoms with van der Waals surface area (Å²) in [6.07, 6.45) is 15.3. The third-order valence-electron chi connectivity index (χ3n) is 3.75. The summed E-state index contributed by atoms with van der Waals surface area (Å²) in [6, 6.07) is 0.